The van der Waals surface area contributed by atoms with Crippen LogP contribution < -0.4 is 16.2 Å². The Bertz CT molecular complexity index is 1740. The highest BCUT2D eigenvalue weighted by molar-refractivity contribution is 6.16. The fourth-order valence-electron chi connectivity index (χ4n) is 4.47. The molecule has 4 aromatic rings. The number of aromatic nitrogens is 3. The Morgan fingerprint density at radius 2 is 1.74 bits per heavy atom. The lowest BCUT2D eigenvalue weighted by Crippen LogP contribution is -2.38. The SMILES string of the molecule is Cc1cc(C=C2NC(=O)N(CC(=O)Nc3ccccc3F)C2=O)c(C)n1-n1c(C)nc2ccccc2c1=O. The Morgan fingerprint density at radius 3 is 2.50 bits per heavy atom. The first-order valence-electron chi connectivity index (χ1n) is 11.7. The van der Waals surface area contributed by atoms with E-state index in [4.69, 9.17) is 0 Å². The third-order valence-electron chi connectivity index (χ3n) is 6.26. The topological polar surface area (TPSA) is 118 Å². The van der Waals surface area contributed by atoms with Gasteiger partial charge >= 0.3 is 6.03 Å². The summed E-state index contributed by atoms with van der Waals surface area (Å²) in [5.41, 5.74) is 2.19. The van der Waals surface area contributed by atoms with Gasteiger partial charge in [0.05, 0.1) is 16.6 Å². The zero-order valence-corrected chi connectivity index (χ0v) is 20.8. The third kappa shape index (κ3) is 4.23. The molecule has 0 bridgehead atoms. The van der Waals surface area contributed by atoms with E-state index in [2.05, 4.69) is 15.6 Å². The number of nitrogens with zero attached hydrogens (tertiary/aromatic N) is 4. The van der Waals surface area contributed by atoms with Gasteiger partial charge in [-0.2, -0.15) is 4.68 Å². The van der Waals surface area contributed by atoms with E-state index in [0.29, 0.717) is 33.7 Å². The maximum Gasteiger partial charge on any atom is 0.329 e. The van der Waals surface area contributed by atoms with E-state index in [0.717, 1.165) is 4.90 Å². The highest BCUT2D eigenvalue weighted by Gasteiger charge is 2.35. The number of anilines is 1. The molecule has 10 nitrogen and oxygen atoms in total. The molecule has 5 rings (SSSR count). The van der Waals surface area contributed by atoms with Gasteiger partial charge in [-0.3, -0.25) is 19.1 Å². The second-order valence-corrected chi connectivity index (χ2v) is 8.84. The molecule has 0 spiro atoms. The summed E-state index contributed by atoms with van der Waals surface area (Å²) in [5.74, 6) is -1.59. The van der Waals surface area contributed by atoms with Crippen LogP contribution in [0.2, 0.25) is 0 Å². The molecule has 192 valence electrons. The van der Waals surface area contributed by atoms with Gasteiger partial charge in [0.25, 0.3) is 11.5 Å². The minimum atomic E-state index is -0.774. The molecule has 1 saturated heterocycles. The number of benzene rings is 2. The predicted molar refractivity (Wildman–Crippen MR) is 139 cm³/mol. The molecule has 1 fully saturated rings. The van der Waals surface area contributed by atoms with Crippen LogP contribution >= 0.6 is 0 Å². The van der Waals surface area contributed by atoms with E-state index < -0.39 is 30.2 Å². The number of imide groups is 1. The maximum absolute atomic E-state index is 13.8. The van der Waals surface area contributed by atoms with Gasteiger partial charge in [-0.1, -0.05) is 24.3 Å². The number of urea groups is 1. The van der Waals surface area contributed by atoms with E-state index in [1.165, 1.54) is 29.0 Å². The fourth-order valence-corrected chi connectivity index (χ4v) is 4.47. The van der Waals surface area contributed by atoms with Crippen LogP contribution in [0.3, 0.4) is 0 Å². The molecule has 0 radical (unpaired) electrons. The quantitative estimate of drug-likeness (QED) is 0.314. The maximum atomic E-state index is 13.8. The summed E-state index contributed by atoms with van der Waals surface area (Å²) in [5, 5.41) is 5.30. The standard InChI is InChI=1S/C27H23FN6O4/c1-15-12-18(16(2)33(15)34-17(3)29-21-10-6-4-8-19(21)25(34)36)13-23-26(37)32(27(38)31-23)14-24(35)30-22-11-7-5-9-20(22)28/h4-13H,14H2,1-3H3,(H,30,35)(H,31,38). The summed E-state index contributed by atoms with van der Waals surface area (Å²) in [6, 6.07) is 13.7. The lowest BCUT2D eigenvalue weighted by molar-refractivity contribution is -0.127. The summed E-state index contributed by atoms with van der Waals surface area (Å²) < 4.78 is 17.0. The number of para-hydroxylation sites is 2. The first kappa shape index (κ1) is 24.6. The first-order valence-corrected chi connectivity index (χ1v) is 11.7. The number of hydrogen-bond donors (Lipinski definition) is 2. The fraction of sp³-hybridized carbons (Fsp3) is 0.148. The van der Waals surface area contributed by atoms with Crippen molar-refractivity contribution in [1.29, 1.82) is 0 Å². The smallest absolute Gasteiger partial charge is 0.322 e. The van der Waals surface area contributed by atoms with Gasteiger partial charge in [-0.05, 0) is 62.7 Å². The molecule has 38 heavy (non-hydrogen) atoms. The van der Waals surface area contributed by atoms with Gasteiger partial charge < -0.3 is 10.6 Å². The van der Waals surface area contributed by atoms with Gasteiger partial charge in [-0.25, -0.2) is 19.1 Å². The molecule has 0 unspecified atom stereocenters. The van der Waals surface area contributed by atoms with Crippen LogP contribution in [0.25, 0.3) is 17.0 Å². The minimum Gasteiger partial charge on any atom is -0.322 e. The van der Waals surface area contributed by atoms with E-state index in [9.17, 15) is 23.6 Å². The molecule has 1 aliphatic rings. The molecule has 0 saturated carbocycles. The van der Waals surface area contributed by atoms with Crippen molar-refractivity contribution in [3.63, 3.8) is 0 Å². The second-order valence-electron chi connectivity index (χ2n) is 8.84. The molecule has 3 heterocycles. The molecule has 1 aliphatic heterocycles. The van der Waals surface area contributed by atoms with Crippen LogP contribution in [0.15, 0.2) is 65.1 Å². The first-order chi connectivity index (χ1) is 18.2. The van der Waals surface area contributed by atoms with E-state index >= 15 is 0 Å². The van der Waals surface area contributed by atoms with Gasteiger partial charge in [0.2, 0.25) is 5.91 Å². The Morgan fingerprint density at radius 1 is 1.03 bits per heavy atom. The van der Waals surface area contributed by atoms with Crippen LogP contribution in [-0.4, -0.2) is 43.6 Å². The van der Waals surface area contributed by atoms with Crippen LogP contribution in [-0.2, 0) is 9.59 Å². The average Bonchev–Trinajstić information content (AvgIpc) is 3.30. The zero-order chi connectivity index (χ0) is 27.1. The third-order valence-corrected chi connectivity index (χ3v) is 6.26. The van der Waals surface area contributed by atoms with E-state index in [1.54, 1.807) is 48.9 Å². The highest BCUT2D eigenvalue weighted by Crippen LogP contribution is 2.21. The van der Waals surface area contributed by atoms with Gasteiger partial charge in [0, 0.05) is 11.4 Å². The summed E-state index contributed by atoms with van der Waals surface area (Å²) in [6.07, 6.45) is 1.49. The van der Waals surface area contributed by atoms with Crippen LogP contribution in [0.1, 0.15) is 22.8 Å². The van der Waals surface area contributed by atoms with Crippen molar-refractivity contribution in [2.24, 2.45) is 0 Å². The van der Waals surface area contributed by atoms with Crippen molar-refractivity contribution in [2.75, 3.05) is 11.9 Å². The number of carbonyl (C=O) groups is 3. The van der Waals surface area contributed by atoms with E-state index in [-0.39, 0.29) is 16.9 Å². The van der Waals surface area contributed by atoms with Crippen molar-refractivity contribution in [3.8, 4) is 0 Å². The number of carbonyl (C=O) groups excluding carboxylic acids is 3. The van der Waals surface area contributed by atoms with Crippen LogP contribution in [0.5, 0.6) is 0 Å². The van der Waals surface area contributed by atoms with Crippen molar-refractivity contribution in [1.82, 2.24) is 24.6 Å². The van der Waals surface area contributed by atoms with Crippen molar-refractivity contribution in [3.05, 3.63) is 99.2 Å². The average molecular weight is 515 g/mol. The molecular formula is C27H23FN6O4. The number of halogens is 1. The number of fused-ring (bicyclic) bond motifs is 1. The van der Waals surface area contributed by atoms with Crippen molar-refractivity contribution < 1.29 is 18.8 Å². The Hall–Kier alpha value is -5.06. The Balaban J connectivity index is 1.43. The summed E-state index contributed by atoms with van der Waals surface area (Å²) in [4.78, 5) is 56.4. The Labute approximate surface area is 216 Å². The molecule has 0 aliphatic carbocycles. The van der Waals surface area contributed by atoms with Crippen molar-refractivity contribution in [2.45, 2.75) is 20.8 Å². The molecule has 0 atom stereocenters. The van der Waals surface area contributed by atoms with Gasteiger partial charge in [-0.15, -0.1) is 0 Å². The molecule has 2 N–H and O–H groups in total. The monoisotopic (exact) mass is 514 g/mol. The van der Waals surface area contributed by atoms with Gasteiger partial charge in [0.1, 0.15) is 23.9 Å². The van der Waals surface area contributed by atoms with E-state index in [1.807, 2.05) is 13.0 Å². The van der Waals surface area contributed by atoms with Gasteiger partial charge in [0.15, 0.2) is 0 Å². The molecule has 2 aromatic carbocycles. The Kier molecular flexibility index (Phi) is 6.11. The lowest BCUT2D eigenvalue weighted by atomic mass is 10.2. The largest absolute Gasteiger partial charge is 0.329 e. The molecule has 2 aromatic heterocycles. The number of hydrogen-bond acceptors (Lipinski definition) is 5. The highest BCUT2D eigenvalue weighted by atomic mass is 19.1. The summed E-state index contributed by atoms with van der Waals surface area (Å²) >= 11 is 0. The molecule has 4 amide bonds. The minimum absolute atomic E-state index is 0.0327. The number of aryl methyl sites for hydroxylation is 2. The number of amides is 4. The molecular weight excluding hydrogens is 491 g/mol. The predicted octanol–water partition coefficient (Wildman–Crippen LogP) is 3.11. The normalized spacial score (nSPS) is 14.4. The lowest BCUT2D eigenvalue weighted by Gasteiger charge is -2.16. The zero-order valence-electron chi connectivity index (χ0n) is 20.8. The summed E-state index contributed by atoms with van der Waals surface area (Å²) in [6.45, 7) is 4.73. The second kappa shape index (κ2) is 9.43. The summed E-state index contributed by atoms with van der Waals surface area (Å²) in [7, 11) is 0. The van der Waals surface area contributed by atoms with Crippen LogP contribution in [0, 0.1) is 26.6 Å². The number of rotatable bonds is 5. The van der Waals surface area contributed by atoms with Crippen molar-refractivity contribution >= 4 is 40.5 Å². The molecule has 11 heteroatoms. The number of nitrogens with one attached hydrogen (secondary N) is 2. The van der Waals surface area contributed by atoms with Crippen LogP contribution in [0.4, 0.5) is 14.9 Å².